The van der Waals surface area contributed by atoms with Crippen molar-refractivity contribution in [1.29, 1.82) is 0 Å². The topological polar surface area (TPSA) is 93.8 Å². The molecule has 30 heavy (non-hydrogen) atoms. The molecule has 3 aromatic rings. The molecule has 0 saturated heterocycles. The summed E-state index contributed by atoms with van der Waals surface area (Å²) in [7, 11) is 0. The summed E-state index contributed by atoms with van der Waals surface area (Å²) in [6.45, 7) is 0.223. The van der Waals surface area contributed by atoms with Crippen LogP contribution in [0.25, 0.3) is 11.3 Å². The minimum absolute atomic E-state index is 0.0941. The van der Waals surface area contributed by atoms with Crippen molar-refractivity contribution in [3.8, 4) is 11.3 Å². The van der Waals surface area contributed by atoms with Crippen molar-refractivity contribution in [2.24, 2.45) is 5.73 Å². The quantitative estimate of drug-likeness (QED) is 0.646. The van der Waals surface area contributed by atoms with Gasteiger partial charge in [-0.25, -0.2) is 13.2 Å². The average molecular weight is 413 g/mol. The molecule has 1 amide bonds. The number of hydrogen-bond acceptors (Lipinski definition) is 5. The van der Waals surface area contributed by atoms with E-state index in [1.165, 1.54) is 36.5 Å². The number of rotatable bonds is 6. The lowest BCUT2D eigenvalue weighted by Crippen LogP contribution is -2.49. The smallest absolute Gasteiger partial charge is 0.248 e. The molecule has 1 aliphatic carbocycles. The molecule has 1 aromatic carbocycles. The molecule has 0 aliphatic heterocycles. The largest absolute Gasteiger partial charge is 0.368 e. The molecule has 9 heteroatoms. The zero-order valence-corrected chi connectivity index (χ0v) is 15.8. The monoisotopic (exact) mass is 413 g/mol. The van der Waals surface area contributed by atoms with Gasteiger partial charge in [-0.05, 0) is 55.3 Å². The van der Waals surface area contributed by atoms with Crippen molar-refractivity contribution in [1.82, 2.24) is 15.2 Å². The summed E-state index contributed by atoms with van der Waals surface area (Å²) >= 11 is 0. The van der Waals surface area contributed by atoms with Gasteiger partial charge in [0.1, 0.15) is 23.6 Å². The number of carbonyl (C=O) groups is 1. The summed E-state index contributed by atoms with van der Waals surface area (Å²) in [5, 5.41) is 11.0. The fourth-order valence-corrected chi connectivity index (χ4v) is 3.69. The van der Waals surface area contributed by atoms with Crippen LogP contribution in [0.4, 0.5) is 19.0 Å². The highest BCUT2D eigenvalue weighted by Crippen LogP contribution is 2.45. The number of alkyl halides is 1. The molecule has 2 aromatic heterocycles. The van der Waals surface area contributed by atoms with E-state index in [-0.39, 0.29) is 41.9 Å². The first-order valence-electron chi connectivity index (χ1n) is 9.30. The predicted octanol–water partition coefficient (Wildman–Crippen LogP) is 3.40. The summed E-state index contributed by atoms with van der Waals surface area (Å²) in [5.74, 6) is -1.36. The van der Waals surface area contributed by atoms with Gasteiger partial charge in [-0.3, -0.25) is 9.78 Å². The Morgan fingerprint density at radius 1 is 1.13 bits per heavy atom. The second-order valence-electron chi connectivity index (χ2n) is 7.34. The van der Waals surface area contributed by atoms with Gasteiger partial charge in [0.15, 0.2) is 0 Å². The van der Waals surface area contributed by atoms with Gasteiger partial charge in [-0.15, -0.1) is 10.2 Å². The van der Waals surface area contributed by atoms with Gasteiger partial charge in [0.2, 0.25) is 5.91 Å². The fraction of sp³-hybridized carbons (Fsp3) is 0.238. The van der Waals surface area contributed by atoms with Gasteiger partial charge in [0, 0.05) is 29.3 Å². The van der Waals surface area contributed by atoms with Crippen molar-refractivity contribution < 1.29 is 18.0 Å². The maximum atomic E-state index is 14.2. The summed E-state index contributed by atoms with van der Waals surface area (Å²) < 4.78 is 42.0. The SMILES string of the molecule is NC(=O)c1ccc(F)c(-c2ccc(NC[C@]3(c4ncccc4F)C[C@@H](F)C3)nn2)c1. The van der Waals surface area contributed by atoms with E-state index in [2.05, 4.69) is 20.5 Å². The Kier molecular flexibility index (Phi) is 5.11. The van der Waals surface area contributed by atoms with E-state index in [9.17, 15) is 18.0 Å². The van der Waals surface area contributed by atoms with Crippen molar-refractivity contribution in [2.75, 3.05) is 11.9 Å². The van der Waals surface area contributed by atoms with Crippen LogP contribution in [0.5, 0.6) is 0 Å². The first-order chi connectivity index (χ1) is 14.4. The maximum Gasteiger partial charge on any atom is 0.248 e. The Labute approximate surface area is 170 Å². The van der Waals surface area contributed by atoms with Crippen molar-refractivity contribution in [3.05, 3.63) is 71.6 Å². The number of benzene rings is 1. The number of nitrogens with one attached hydrogen (secondary N) is 1. The molecule has 0 bridgehead atoms. The number of carbonyl (C=O) groups excluding carboxylic acids is 1. The molecule has 0 spiro atoms. The normalized spacial score (nSPS) is 20.4. The van der Waals surface area contributed by atoms with Gasteiger partial charge >= 0.3 is 0 Å². The van der Waals surface area contributed by atoms with Crippen LogP contribution in [0.15, 0.2) is 48.7 Å². The van der Waals surface area contributed by atoms with Gasteiger partial charge < -0.3 is 11.1 Å². The molecule has 1 aliphatic rings. The maximum absolute atomic E-state index is 14.2. The molecule has 2 heterocycles. The number of nitrogens with two attached hydrogens (primary N) is 1. The highest BCUT2D eigenvalue weighted by molar-refractivity contribution is 5.94. The van der Waals surface area contributed by atoms with Gasteiger partial charge in [0.25, 0.3) is 0 Å². The van der Waals surface area contributed by atoms with E-state index in [4.69, 9.17) is 5.73 Å². The Morgan fingerprint density at radius 3 is 2.57 bits per heavy atom. The highest BCUT2D eigenvalue weighted by atomic mass is 19.1. The number of hydrogen-bond donors (Lipinski definition) is 2. The molecule has 0 unspecified atom stereocenters. The third-order valence-electron chi connectivity index (χ3n) is 5.28. The number of nitrogens with zero attached hydrogens (tertiary/aromatic N) is 3. The first-order valence-corrected chi connectivity index (χ1v) is 9.30. The summed E-state index contributed by atoms with van der Waals surface area (Å²) in [6, 6.07) is 9.64. The Bertz CT molecular complexity index is 1080. The Hall–Kier alpha value is -3.49. The van der Waals surface area contributed by atoms with E-state index in [1.54, 1.807) is 6.07 Å². The van der Waals surface area contributed by atoms with Gasteiger partial charge in [-0.2, -0.15) is 0 Å². The number of halogens is 3. The number of primary amides is 1. The summed E-state index contributed by atoms with van der Waals surface area (Å²) in [4.78, 5) is 15.4. The summed E-state index contributed by atoms with van der Waals surface area (Å²) in [5.41, 5.74) is 5.16. The zero-order chi connectivity index (χ0) is 21.3. The molecule has 1 fully saturated rings. The Balaban J connectivity index is 1.52. The van der Waals surface area contributed by atoms with Gasteiger partial charge in [0.05, 0.1) is 11.4 Å². The van der Waals surface area contributed by atoms with Gasteiger partial charge in [-0.1, -0.05) is 0 Å². The van der Waals surface area contributed by atoms with Crippen molar-refractivity contribution >= 4 is 11.7 Å². The van der Waals surface area contributed by atoms with Crippen LogP contribution in [-0.2, 0) is 5.41 Å². The van der Waals surface area contributed by atoms with Crippen LogP contribution in [0.2, 0.25) is 0 Å². The highest BCUT2D eigenvalue weighted by Gasteiger charge is 2.48. The van der Waals surface area contributed by atoms with Crippen LogP contribution in [0, 0.1) is 11.6 Å². The van der Waals surface area contributed by atoms with Crippen molar-refractivity contribution in [3.63, 3.8) is 0 Å². The minimum Gasteiger partial charge on any atom is -0.368 e. The second-order valence-corrected chi connectivity index (χ2v) is 7.34. The molecular weight excluding hydrogens is 395 g/mol. The van der Waals surface area contributed by atoms with E-state index in [0.29, 0.717) is 5.82 Å². The number of pyridine rings is 1. The lowest BCUT2D eigenvalue weighted by atomic mass is 9.65. The Morgan fingerprint density at radius 2 is 1.93 bits per heavy atom. The number of aromatic nitrogens is 3. The molecule has 6 nitrogen and oxygen atoms in total. The molecule has 4 rings (SSSR count). The molecular formula is C21H18F3N5O. The predicted molar refractivity (Wildman–Crippen MR) is 104 cm³/mol. The van der Waals surface area contributed by atoms with Crippen LogP contribution in [-0.4, -0.2) is 33.8 Å². The standard InChI is InChI=1S/C21H18F3N5O/c22-13-9-21(10-13,19-16(24)2-1-7-26-19)11-27-18-6-5-17(28-29-18)14-8-12(20(25)30)3-4-15(14)23/h1-8,13H,9-11H2,(H2,25,30)(H,27,29)/t13-,21+. The van der Waals surface area contributed by atoms with E-state index in [0.717, 1.165) is 6.07 Å². The fourth-order valence-electron chi connectivity index (χ4n) is 3.69. The second kappa shape index (κ2) is 7.74. The lowest BCUT2D eigenvalue weighted by Gasteiger charge is -2.44. The summed E-state index contributed by atoms with van der Waals surface area (Å²) in [6.07, 6.45) is 0.784. The zero-order valence-electron chi connectivity index (χ0n) is 15.8. The molecule has 154 valence electrons. The molecule has 3 N–H and O–H groups in total. The molecule has 0 radical (unpaired) electrons. The van der Waals surface area contributed by atoms with E-state index >= 15 is 0 Å². The number of amides is 1. The number of anilines is 1. The van der Waals surface area contributed by atoms with E-state index in [1.807, 2.05) is 0 Å². The molecule has 1 saturated carbocycles. The van der Waals surface area contributed by atoms with Crippen LogP contribution in [0.1, 0.15) is 28.9 Å². The van der Waals surface area contributed by atoms with Crippen molar-refractivity contribution in [2.45, 2.75) is 24.4 Å². The lowest BCUT2D eigenvalue weighted by molar-refractivity contribution is 0.0963. The van der Waals surface area contributed by atoms with E-state index < -0.39 is 29.1 Å². The van der Waals surface area contributed by atoms with Crippen LogP contribution >= 0.6 is 0 Å². The van der Waals surface area contributed by atoms with Crippen LogP contribution < -0.4 is 11.1 Å². The minimum atomic E-state index is -1.01. The third kappa shape index (κ3) is 3.70. The molecule has 0 atom stereocenters. The first kappa shape index (κ1) is 19.8. The van der Waals surface area contributed by atoms with Crippen LogP contribution in [0.3, 0.4) is 0 Å². The average Bonchev–Trinajstić information content (AvgIpc) is 2.71. The third-order valence-corrected chi connectivity index (χ3v) is 5.28.